The molecule has 16 atom stereocenters. The van der Waals surface area contributed by atoms with E-state index in [-0.39, 0.29) is 79.7 Å². The predicted molar refractivity (Wildman–Crippen MR) is 423 cm³/mol. The fourth-order valence-corrected chi connectivity index (χ4v) is 10.1. The topological polar surface area (TPSA) is 462 Å². The zero-order valence-corrected chi connectivity index (χ0v) is 73.0. The monoisotopic (exact) mass is 2200 g/mol. The Morgan fingerprint density at radius 2 is 0.843 bits per heavy atom. The van der Waals surface area contributed by atoms with Gasteiger partial charge in [0.25, 0.3) is 0 Å². The first kappa shape index (κ1) is 101. The van der Waals surface area contributed by atoms with E-state index in [2.05, 4.69) is 88.7 Å². The maximum Gasteiger partial charge on any atom is 0 e. The van der Waals surface area contributed by atoms with Gasteiger partial charge in [0.15, 0.2) is 12.2 Å². The van der Waals surface area contributed by atoms with Gasteiger partial charge in [0.1, 0.15) is 99.2 Å². The van der Waals surface area contributed by atoms with Crippen LogP contribution in [-0.2, 0) is 95.1 Å². The van der Waals surface area contributed by atoms with Gasteiger partial charge in [0.05, 0.1) is 63.6 Å². The molecule has 4 aromatic carbocycles. The second kappa shape index (κ2) is 53.7. The molecule has 602 valence electrons. The fraction of sp³-hybridized carbons (Fsp3) is 0.449. The molecule has 32 nitrogen and oxygen atoms in total. The molecule has 0 spiro atoms. The number of hydrogen-bond acceptors (Lipinski definition) is 32. The van der Waals surface area contributed by atoms with E-state index in [0.717, 1.165) is 12.5 Å². The molecule has 0 bridgehead atoms. The van der Waals surface area contributed by atoms with E-state index in [4.69, 9.17) is 67.3 Å². The number of esters is 10. The Morgan fingerprint density at radius 3 is 1.26 bits per heavy atom. The molecule has 8 N–H and O–H groups in total. The van der Waals surface area contributed by atoms with Crippen LogP contribution in [0.25, 0.3) is 0 Å². The molecule has 8 rings (SSSR count). The number of methoxy groups -OCH3 is 4. The van der Waals surface area contributed by atoms with Crippen LogP contribution in [0.1, 0.15) is 126 Å². The summed E-state index contributed by atoms with van der Waals surface area (Å²) in [6.45, 7) is 8.75. The van der Waals surface area contributed by atoms with Crippen LogP contribution in [0.5, 0.6) is 0 Å². The molecule has 4 aromatic rings. The first-order valence-corrected chi connectivity index (χ1v) is 50.6. The van der Waals surface area contributed by atoms with Crippen LogP contribution in [0.4, 0.5) is 0 Å². The van der Waals surface area contributed by atoms with Gasteiger partial charge in [-0.25, -0.2) is 19.2 Å². The molecular weight excluding hydrogens is 2110 g/mol. The largest absolute Gasteiger partial charge is 0 e. The van der Waals surface area contributed by atoms with Crippen LogP contribution in [0.3, 0.4) is 0 Å². The van der Waals surface area contributed by atoms with Crippen LogP contribution in [0.2, 0.25) is 0 Å². The summed E-state index contributed by atoms with van der Waals surface area (Å²) in [5.74, 6) is -4.95. The molecule has 0 aliphatic carbocycles. The number of halogens is 6. The van der Waals surface area contributed by atoms with Gasteiger partial charge in [-0.05, 0) is 82.8 Å². The SMILES string of the molecule is CC(=O)OC[C@H]1OC=C[C@@H](C)[C@@H]1OC(C)=O.COC(=O)c1cccc(B(O)O)c1.COC(=O)c1cccc(C2C=C[C@H](OC(C)=O)[C@@H](COC(C)=O)O2)c1.COC(=O)c1cccc(C2O[C@H](CO)[C@@H](O)[C@H](O)[C@@H]2O)c1.COC(=O)c1cccc(C2O[C@H](COC(C)=O)[C@@H](OC(C)=O)[C@H](O)[C@@H]2O)c1.I.II.I[I-]I.[2HH]. The van der Waals surface area contributed by atoms with Crippen molar-refractivity contribution < 1.29 is 170 Å². The number of carbonyl (C=O) groups is 10. The number of aliphatic hydroxyl groups excluding tert-OH is 6. The molecular formula is C69H88BI6O32-. The van der Waals surface area contributed by atoms with E-state index in [1.807, 2.05) is 6.92 Å². The third-order valence-electron chi connectivity index (χ3n) is 15.0. The standard InChI is InChI=1S/C18H22O9.C18H20O7.C14H18O7.C11H16O5.C8H9BO4.I3.I2.HI.H2/c1-9(19)25-8-13-17(26-10(2)20)15(22)14(21)16(27-13)11-5-4-6-12(7-11)18(23)24-3;1-11(19)23-10-17-16(24-12(2)20)8-7-15(25-17)13-5-4-6-14(9-13)18(21)22-3;1-20-14(19)8-4-2-3-7(5-8)13-12(18)11(17)10(16)9(6-15)21-13;1-7-4-5-14-10(6-15-8(2)12)11(7)16-9(3)13;1-13-8(10)6-3-2-4-7(5-6)9(11)12;1-3-2;1-2;;/h4-7,13-17,21-22H,8H2,1-3H3;4-9,15-17H,10H2,1-3H3;2-5,9-13,15-18H,6H2,1H3;4-5,7,10-11H,6H2,1-3H3;2-5,11-12H,1H3;;;2*1H/q;;;;;-1;;;/t13-,14+,15-,16?,17-;15?,16-,17+;9-,10-,11+,12+,13?;7-,10-,11+;;;;;/m1011...../s1/i;;;;;;;;1+1. The molecule has 4 heterocycles. The Kier molecular flexibility index (Phi) is 50.2. The minimum absolute atomic E-state index is 0. The third kappa shape index (κ3) is 34.5. The van der Waals surface area contributed by atoms with E-state index in [1.54, 1.807) is 85.2 Å². The average Bonchev–Trinajstić information content (AvgIpc) is 0.783. The average molecular weight is 2200 g/mol. The van der Waals surface area contributed by atoms with Crippen LogP contribution >= 0.6 is 98.4 Å². The summed E-state index contributed by atoms with van der Waals surface area (Å²) in [7, 11) is 3.51. The Labute approximate surface area is 694 Å². The van der Waals surface area contributed by atoms with Crippen molar-refractivity contribution in [1.29, 1.82) is 0 Å². The maximum atomic E-state index is 11.7. The fourth-order valence-electron chi connectivity index (χ4n) is 10.1. The second-order valence-electron chi connectivity index (χ2n) is 22.7. The van der Waals surface area contributed by atoms with E-state index in [9.17, 15) is 73.5 Å². The van der Waals surface area contributed by atoms with Crippen molar-refractivity contribution in [2.24, 2.45) is 5.92 Å². The summed E-state index contributed by atoms with van der Waals surface area (Å²) < 4.78 is 71.0. The van der Waals surface area contributed by atoms with Crippen LogP contribution in [0.15, 0.2) is 122 Å². The van der Waals surface area contributed by atoms with Crippen molar-refractivity contribution in [2.75, 3.05) is 54.9 Å². The number of carbonyl (C=O) groups excluding carboxylic acids is 10. The molecule has 39 heteroatoms. The number of hydrogen-bond donors (Lipinski definition) is 8. The Hall–Kier alpha value is -5.14. The summed E-state index contributed by atoms with van der Waals surface area (Å²) in [6, 6.07) is 25.2. The number of aliphatic hydroxyl groups is 6. The Bertz CT molecular complexity index is 3580. The van der Waals surface area contributed by atoms with E-state index in [0.29, 0.717) is 35.5 Å². The Balaban J connectivity index is 0.00000134. The predicted octanol–water partition coefficient (Wildman–Crippen LogP) is 2.68. The van der Waals surface area contributed by atoms with Crippen molar-refractivity contribution >= 4 is 171 Å². The summed E-state index contributed by atoms with van der Waals surface area (Å²) >= 11 is 9.54. The third-order valence-corrected chi connectivity index (χ3v) is 15.0. The second-order valence-corrected chi connectivity index (χ2v) is 38.9. The molecule has 0 aromatic heterocycles. The minimum Gasteiger partial charge on any atom is 0 e. The van der Waals surface area contributed by atoms with Gasteiger partial charge in [-0.3, -0.25) is 28.8 Å². The Morgan fingerprint density at radius 1 is 0.463 bits per heavy atom. The van der Waals surface area contributed by atoms with Crippen molar-refractivity contribution in [3.8, 4) is 0 Å². The molecule has 3 unspecified atom stereocenters. The van der Waals surface area contributed by atoms with Crippen molar-refractivity contribution in [1.82, 2.24) is 0 Å². The molecule has 0 amide bonds. The summed E-state index contributed by atoms with van der Waals surface area (Å²) in [5, 5.41) is 77.2. The first-order chi connectivity index (χ1) is 50.7. The van der Waals surface area contributed by atoms with E-state index < -0.39 is 153 Å². The minimum atomic E-state index is -1.57. The summed E-state index contributed by atoms with van der Waals surface area (Å²) in [4.78, 5) is 112. The molecule has 0 radical (unpaired) electrons. The van der Waals surface area contributed by atoms with E-state index >= 15 is 0 Å². The molecule has 2 fully saturated rings. The van der Waals surface area contributed by atoms with Gasteiger partial charge in [0.2, 0.25) is 0 Å². The molecule has 4 aliphatic rings. The van der Waals surface area contributed by atoms with Gasteiger partial charge in [-0.15, -0.1) is 24.0 Å². The van der Waals surface area contributed by atoms with Crippen LogP contribution in [-0.4, -0.2) is 236 Å². The molecule has 0 saturated carbocycles. The number of benzene rings is 4. The first-order valence-electron chi connectivity index (χ1n) is 31.7. The summed E-state index contributed by atoms with van der Waals surface area (Å²) in [6.07, 6.45) is -8.29. The number of rotatable bonds is 18. The van der Waals surface area contributed by atoms with Crippen LogP contribution in [0, 0.1) is 5.92 Å². The smallest absolute Gasteiger partial charge is 0 e. The molecule has 108 heavy (non-hydrogen) atoms. The van der Waals surface area contributed by atoms with Crippen molar-refractivity contribution in [2.45, 2.75) is 140 Å². The van der Waals surface area contributed by atoms with Crippen molar-refractivity contribution in [3.63, 3.8) is 0 Å². The zero-order valence-electron chi connectivity index (χ0n) is 59.9. The van der Waals surface area contributed by atoms with Gasteiger partial charge >= 0.3 is 117 Å². The summed E-state index contributed by atoms with van der Waals surface area (Å²) in [5.41, 5.74) is 3.04. The van der Waals surface area contributed by atoms with Crippen LogP contribution < -0.4 is 18.7 Å². The normalized spacial score (nSPS) is 23.9. The van der Waals surface area contributed by atoms with Gasteiger partial charge in [0, 0.05) is 86.1 Å². The maximum absolute atomic E-state index is 11.7. The quantitative estimate of drug-likeness (QED) is 0.0233. The van der Waals surface area contributed by atoms with Gasteiger partial charge in [-0.1, -0.05) is 61.5 Å². The van der Waals surface area contributed by atoms with Gasteiger partial charge < -0.3 is 107 Å². The number of ether oxygens (including phenoxy) is 14. The molecule has 2 saturated heterocycles. The van der Waals surface area contributed by atoms with Gasteiger partial charge in [-0.2, -0.15) is 0 Å². The van der Waals surface area contributed by atoms with E-state index in [1.165, 1.54) is 99.5 Å². The van der Waals surface area contributed by atoms with Crippen molar-refractivity contribution in [3.05, 3.63) is 160 Å². The molecule has 4 aliphatic heterocycles. The zero-order chi connectivity index (χ0) is 80.8.